The molecule has 3 nitrogen and oxygen atoms in total. The van der Waals surface area contributed by atoms with Gasteiger partial charge in [0.1, 0.15) is 5.82 Å². The maximum atomic E-state index is 6.24. The van der Waals surface area contributed by atoms with Crippen LogP contribution >= 0.6 is 46.3 Å². The molecule has 0 saturated heterocycles. The van der Waals surface area contributed by atoms with Gasteiger partial charge in [-0.25, -0.2) is 9.97 Å². The molecule has 0 aliphatic rings. The number of halogens is 2. The Hall–Kier alpha value is -1.27. The number of aryl methyl sites for hydroxylation is 1. The van der Waals surface area contributed by atoms with E-state index in [4.69, 9.17) is 23.2 Å². The van der Waals surface area contributed by atoms with E-state index in [-0.39, 0.29) is 0 Å². The third-order valence-corrected chi connectivity index (χ3v) is 5.67. The molecule has 22 heavy (non-hydrogen) atoms. The van der Waals surface area contributed by atoms with E-state index in [9.17, 15) is 0 Å². The fraction of sp³-hybridized carbons (Fsp3) is 0.0667. The van der Waals surface area contributed by atoms with Crippen molar-refractivity contribution in [3.63, 3.8) is 0 Å². The smallest absolute Gasteiger partial charge is 0.188 e. The van der Waals surface area contributed by atoms with Gasteiger partial charge in [-0.15, -0.1) is 11.3 Å². The Balaban J connectivity index is 1.91. The van der Waals surface area contributed by atoms with Gasteiger partial charge in [0.25, 0.3) is 0 Å². The number of hydrogen-bond acceptors (Lipinski definition) is 5. The fourth-order valence-corrected chi connectivity index (χ4v) is 3.98. The van der Waals surface area contributed by atoms with E-state index in [1.54, 1.807) is 17.5 Å². The average molecular weight is 368 g/mol. The van der Waals surface area contributed by atoms with Crippen molar-refractivity contribution in [1.82, 2.24) is 9.97 Å². The van der Waals surface area contributed by atoms with E-state index in [2.05, 4.69) is 15.3 Å². The number of anilines is 2. The van der Waals surface area contributed by atoms with Gasteiger partial charge in [0.2, 0.25) is 0 Å². The van der Waals surface area contributed by atoms with Crippen LogP contribution in [0.25, 0.3) is 0 Å². The number of nitrogens with zero attached hydrogens (tertiary/aromatic N) is 2. The Morgan fingerprint density at radius 2 is 1.91 bits per heavy atom. The molecule has 0 radical (unpaired) electrons. The summed E-state index contributed by atoms with van der Waals surface area (Å²) in [5, 5.41) is 7.28. The molecule has 0 aliphatic heterocycles. The van der Waals surface area contributed by atoms with E-state index >= 15 is 0 Å². The molecule has 0 aliphatic carbocycles. The molecule has 0 bridgehead atoms. The highest BCUT2D eigenvalue weighted by Crippen LogP contribution is 2.41. The van der Waals surface area contributed by atoms with Gasteiger partial charge >= 0.3 is 0 Å². The Bertz CT molecular complexity index is 785. The van der Waals surface area contributed by atoms with Gasteiger partial charge in [-0.3, -0.25) is 0 Å². The van der Waals surface area contributed by atoms with E-state index in [1.165, 1.54) is 11.8 Å². The minimum Gasteiger partial charge on any atom is -0.315 e. The molecule has 0 spiro atoms. The molecule has 7 heteroatoms. The van der Waals surface area contributed by atoms with Crippen LogP contribution in [0, 0.1) is 6.92 Å². The summed E-state index contributed by atoms with van der Waals surface area (Å²) in [7, 11) is 0. The molecular formula is C15H11Cl2N3S2. The molecule has 0 amide bonds. The van der Waals surface area contributed by atoms with Crippen molar-refractivity contribution >= 4 is 57.2 Å². The molecule has 1 aromatic carbocycles. The summed E-state index contributed by atoms with van der Waals surface area (Å²) in [5.74, 6) is 0.734. The molecule has 0 fully saturated rings. The quantitative estimate of drug-likeness (QED) is 0.608. The Morgan fingerprint density at radius 1 is 1.14 bits per heavy atom. The summed E-state index contributed by atoms with van der Waals surface area (Å²) >= 11 is 15.5. The van der Waals surface area contributed by atoms with Gasteiger partial charge < -0.3 is 5.32 Å². The van der Waals surface area contributed by atoms with Crippen molar-refractivity contribution in [3.8, 4) is 0 Å². The normalized spacial score (nSPS) is 10.7. The standard InChI is InChI=1S/C15H11Cl2N3S2/c1-9-8-21-15(19-9)20-14-12(6-3-7-18-14)22-13-10(16)4-2-5-11(13)17/h2-8H,1H3,(H,18,19,20). The Labute approximate surface area is 146 Å². The van der Waals surface area contributed by atoms with Crippen LogP contribution in [0.1, 0.15) is 5.69 Å². The molecule has 0 saturated carbocycles. The van der Waals surface area contributed by atoms with Crippen molar-refractivity contribution < 1.29 is 0 Å². The van der Waals surface area contributed by atoms with E-state index in [0.29, 0.717) is 10.0 Å². The predicted octanol–water partition coefficient (Wildman–Crippen LogP) is 6.05. The highest BCUT2D eigenvalue weighted by Gasteiger charge is 2.12. The summed E-state index contributed by atoms with van der Waals surface area (Å²) in [5.41, 5.74) is 0.979. The highest BCUT2D eigenvalue weighted by molar-refractivity contribution is 7.99. The van der Waals surface area contributed by atoms with Gasteiger partial charge in [-0.05, 0) is 31.2 Å². The minimum absolute atomic E-state index is 0.623. The molecule has 0 atom stereocenters. The monoisotopic (exact) mass is 367 g/mol. The average Bonchev–Trinajstić information content (AvgIpc) is 2.90. The van der Waals surface area contributed by atoms with Crippen molar-refractivity contribution in [2.24, 2.45) is 0 Å². The first-order valence-electron chi connectivity index (χ1n) is 6.39. The second-order valence-electron chi connectivity index (χ2n) is 4.42. The summed E-state index contributed by atoms with van der Waals surface area (Å²) in [4.78, 5) is 10.5. The van der Waals surface area contributed by atoms with Gasteiger partial charge in [0.05, 0.1) is 20.6 Å². The lowest BCUT2D eigenvalue weighted by molar-refractivity contribution is 1.20. The first-order chi connectivity index (χ1) is 10.6. The molecule has 0 unspecified atom stereocenters. The summed E-state index contributed by atoms with van der Waals surface area (Å²) in [6.45, 7) is 1.96. The Morgan fingerprint density at radius 3 is 2.59 bits per heavy atom. The van der Waals surface area contributed by atoms with Crippen LogP contribution in [0.2, 0.25) is 10.0 Å². The molecule has 2 heterocycles. The van der Waals surface area contributed by atoms with Crippen LogP contribution in [0.4, 0.5) is 10.9 Å². The zero-order valence-corrected chi connectivity index (χ0v) is 14.7. The zero-order chi connectivity index (χ0) is 15.5. The summed E-state index contributed by atoms with van der Waals surface area (Å²) in [6, 6.07) is 9.33. The first kappa shape index (κ1) is 15.6. The molecular weight excluding hydrogens is 357 g/mol. The predicted molar refractivity (Wildman–Crippen MR) is 95.0 cm³/mol. The van der Waals surface area contributed by atoms with Crippen LogP contribution in [0.5, 0.6) is 0 Å². The number of hydrogen-bond donors (Lipinski definition) is 1. The number of benzene rings is 1. The lowest BCUT2D eigenvalue weighted by atomic mass is 10.4. The van der Waals surface area contributed by atoms with Crippen molar-refractivity contribution in [1.29, 1.82) is 0 Å². The third-order valence-electron chi connectivity index (χ3n) is 2.75. The third kappa shape index (κ3) is 3.55. The van der Waals surface area contributed by atoms with Crippen LogP contribution in [-0.2, 0) is 0 Å². The molecule has 3 aromatic rings. The second-order valence-corrected chi connectivity index (χ2v) is 7.15. The van der Waals surface area contributed by atoms with Crippen LogP contribution in [-0.4, -0.2) is 9.97 Å². The lowest BCUT2D eigenvalue weighted by Gasteiger charge is -2.10. The van der Waals surface area contributed by atoms with E-state index in [0.717, 1.165) is 26.4 Å². The molecule has 112 valence electrons. The highest BCUT2D eigenvalue weighted by atomic mass is 35.5. The van der Waals surface area contributed by atoms with Crippen LogP contribution in [0.15, 0.2) is 51.7 Å². The number of pyridine rings is 1. The van der Waals surface area contributed by atoms with Crippen LogP contribution in [0.3, 0.4) is 0 Å². The maximum absolute atomic E-state index is 6.24. The second kappa shape index (κ2) is 6.87. The van der Waals surface area contributed by atoms with E-state index in [1.807, 2.05) is 42.6 Å². The number of rotatable bonds is 4. The van der Waals surface area contributed by atoms with Crippen LogP contribution < -0.4 is 5.32 Å². The van der Waals surface area contributed by atoms with Gasteiger partial charge in [0, 0.05) is 16.5 Å². The maximum Gasteiger partial charge on any atom is 0.188 e. The number of aromatic nitrogens is 2. The largest absolute Gasteiger partial charge is 0.315 e. The molecule has 1 N–H and O–H groups in total. The minimum atomic E-state index is 0.623. The summed E-state index contributed by atoms with van der Waals surface area (Å²) < 4.78 is 0. The molecule has 2 aromatic heterocycles. The van der Waals surface area contributed by atoms with E-state index < -0.39 is 0 Å². The van der Waals surface area contributed by atoms with Crippen molar-refractivity contribution in [2.45, 2.75) is 16.7 Å². The van der Waals surface area contributed by atoms with Gasteiger partial charge in [-0.2, -0.15) is 0 Å². The molecule has 3 rings (SSSR count). The lowest BCUT2D eigenvalue weighted by Crippen LogP contribution is -1.95. The number of nitrogens with one attached hydrogen (secondary N) is 1. The number of thiazole rings is 1. The van der Waals surface area contributed by atoms with Gasteiger partial charge in [0.15, 0.2) is 5.13 Å². The van der Waals surface area contributed by atoms with Crippen molar-refractivity contribution in [2.75, 3.05) is 5.32 Å². The topological polar surface area (TPSA) is 37.8 Å². The van der Waals surface area contributed by atoms with Crippen molar-refractivity contribution in [3.05, 3.63) is 57.6 Å². The first-order valence-corrected chi connectivity index (χ1v) is 8.85. The fourth-order valence-electron chi connectivity index (χ4n) is 1.77. The zero-order valence-electron chi connectivity index (χ0n) is 11.5. The Kier molecular flexibility index (Phi) is 4.88. The van der Waals surface area contributed by atoms with Gasteiger partial charge in [-0.1, -0.05) is 41.0 Å². The summed E-state index contributed by atoms with van der Waals surface area (Å²) in [6.07, 6.45) is 1.74. The SMILES string of the molecule is Cc1csc(Nc2ncccc2Sc2c(Cl)cccc2Cl)n1.